The lowest BCUT2D eigenvalue weighted by atomic mass is 10.1. The minimum absolute atomic E-state index is 0.00337. The Bertz CT molecular complexity index is 1300. The van der Waals surface area contributed by atoms with Crippen molar-refractivity contribution in [3.63, 3.8) is 0 Å². The van der Waals surface area contributed by atoms with Crippen molar-refractivity contribution >= 4 is 45.9 Å². The first kappa shape index (κ1) is 27.2. The maximum absolute atomic E-state index is 12.7. The molecule has 0 spiro atoms. The summed E-state index contributed by atoms with van der Waals surface area (Å²) in [6, 6.07) is 5.96. The van der Waals surface area contributed by atoms with E-state index in [4.69, 9.17) is 14.2 Å². The molecular formula is C24H28N4O6S2. The fourth-order valence-corrected chi connectivity index (χ4v) is 5.36. The van der Waals surface area contributed by atoms with Crippen LogP contribution in [0.3, 0.4) is 0 Å². The van der Waals surface area contributed by atoms with Gasteiger partial charge in [-0.25, -0.2) is 9.59 Å². The van der Waals surface area contributed by atoms with Crippen LogP contribution in [-0.4, -0.2) is 52.6 Å². The number of rotatable bonds is 9. The van der Waals surface area contributed by atoms with Crippen molar-refractivity contribution in [2.24, 2.45) is 7.05 Å². The Balaban J connectivity index is 1.69. The van der Waals surface area contributed by atoms with Crippen LogP contribution in [0.2, 0.25) is 0 Å². The highest BCUT2D eigenvalue weighted by Crippen LogP contribution is 2.34. The van der Waals surface area contributed by atoms with Crippen LogP contribution in [-0.2, 0) is 21.3 Å². The van der Waals surface area contributed by atoms with Crippen LogP contribution in [0.4, 0.5) is 5.00 Å². The van der Waals surface area contributed by atoms with Gasteiger partial charge in [-0.05, 0) is 44.9 Å². The molecule has 0 radical (unpaired) electrons. The minimum atomic E-state index is -0.655. The highest BCUT2D eigenvalue weighted by Gasteiger charge is 2.27. The van der Waals surface area contributed by atoms with Crippen molar-refractivity contribution in [1.82, 2.24) is 14.8 Å². The van der Waals surface area contributed by atoms with Gasteiger partial charge in [0.1, 0.15) is 15.6 Å². The number of esters is 2. The standard InChI is InChI=1S/C24H28N4O6S2/c1-12-8-9-16(13(2)10-12)34-15(4)20-26-27-24(28(20)5)35-11-17(29)25-21-18(22(30)32-6)14(3)19(36-21)23(31)33-7/h8-10,15H,11H2,1-7H3,(H,25,29). The Labute approximate surface area is 217 Å². The first-order chi connectivity index (χ1) is 17.1. The van der Waals surface area contributed by atoms with Crippen molar-refractivity contribution in [2.75, 3.05) is 25.3 Å². The molecule has 1 atom stereocenters. The van der Waals surface area contributed by atoms with E-state index in [1.807, 2.05) is 39.0 Å². The lowest BCUT2D eigenvalue weighted by Gasteiger charge is -2.16. The van der Waals surface area contributed by atoms with Gasteiger partial charge in [-0.15, -0.1) is 21.5 Å². The molecule has 0 saturated carbocycles. The van der Waals surface area contributed by atoms with Crippen LogP contribution < -0.4 is 10.1 Å². The summed E-state index contributed by atoms with van der Waals surface area (Å²) in [6.07, 6.45) is -0.361. The summed E-state index contributed by atoms with van der Waals surface area (Å²) in [7, 11) is 4.28. The van der Waals surface area contributed by atoms with E-state index in [1.54, 1.807) is 18.5 Å². The van der Waals surface area contributed by atoms with Gasteiger partial charge in [-0.3, -0.25) is 4.79 Å². The molecule has 2 aromatic heterocycles. The maximum Gasteiger partial charge on any atom is 0.348 e. The summed E-state index contributed by atoms with van der Waals surface area (Å²) in [6.45, 7) is 7.50. The van der Waals surface area contributed by atoms with Crippen molar-refractivity contribution in [2.45, 2.75) is 39.0 Å². The number of carbonyl (C=O) groups excluding carboxylic acids is 3. The van der Waals surface area contributed by atoms with Crippen molar-refractivity contribution in [1.29, 1.82) is 0 Å². The molecule has 2 heterocycles. The van der Waals surface area contributed by atoms with Crippen LogP contribution in [0, 0.1) is 20.8 Å². The van der Waals surface area contributed by atoms with Gasteiger partial charge < -0.3 is 24.1 Å². The topological polar surface area (TPSA) is 122 Å². The summed E-state index contributed by atoms with van der Waals surface area (Å²) < 4.78 is 17.4. The quantitative estimate of drug-likeness (QED) is 0.318. The number of aryl methyl sites for hydroxylation is 2. The second-order valence-electron chi connectivity index (χ2n) is 8.01. The number of amides is 1. The molecule has 0 aliphatic carbocycles. The first-order valence-corrected chi connectivity index (χ1v) is 12.7. The monoisotopic (exact) mass is 532 g/mol. The summed E-state index contributed by atoms with van der Waals surface area (Å²) in [5, 5.41) is 11.9. The van der Waals surface area contributed by atoms with E-state index in [0.29, 0.717) is 16.5 Å². The number of methoxy groups -OCH3 is 2. The van der Waals surface area contributed by atoms with Crippen molar-refractivity contribution < 1.29 is 28.6 Å². The number of nitrogens with zero attached hydrogens (tertiary/aromatic N) is 3. The molecule has 0 saturated heterocycles. The number of anilines is 1. The number of thiophene rings is 1. The summed E-state index contributed by atoms with van der Waals surface area (Å²) in [5.41, 5.74) is 2.69. The predicted molar refractivity (Wildman–Crippen MR) is 137 cm³/mol. The van der Waals surface area contributed by atoms with Gasteiger partial charge in [-0.1, -0.05) is 29.5 Å². The van der Waals surface area contributed by atoms with E-state index in [9.17, 15) is 14.4 Å². The Morgan fingerprint density at radius 3 is 2.44 bits per heavy atom. The molecule has 10 nitrogen and oxygen atoms in total. The smallest absolute Gasteiger partial charge is 0.348 e. The molecule has 0 aliphatic rings. The normalized spacial score (nSPS) is 11.6. The third kappa shape index (κ3) is 5.88. The van der Waals surface area contributed by atoms with Gasteiger partial charge in [0.25, 0.3) is 0 Å². The van der Waals surface area contributed by atoms with Gasteiger partial charge in [0.2, 0.25) is 5.91 Å². The summed E-state index contributed by atoms with van der Waals surface area (Å²) in [4.78, 5) is 37.2. The van der Waals surface area contributed by atoms with Crippen LogP contribution in [0.15, 0.2) is 23.4 Å². The zero-order chi connectivity index (χ0) is 26.6. The van der Waals surface area contributed by atoms with Gasteiger partial charge >= 0.3 is 11.9 Å². The first-order valence-electron chi connectivity index (χ1n) is 10.9. The lowest BCUT2D eigenvalue weighted by Crippen LogP contribution is -2.16. The zero-order valence-corrected chi connectivity index (χ0v) is 22.8. The average Bonchev–Trinajstić information content (AvgIpc) is 3.37. The molecule has 192 valence electrons. The van der Waals surface area contributed by atoms with E-state index in [-0.39, 0.29) is 33.2 Å². The molecular weight excluding hydrogens is 504 g/mol. The SMILES string of the molecule is COC(=O)c1sc(NC(=O)CSc2nnc(C(C)Oc3ccc(C)cc3C)n2C)c(C(=O)OC)c1C. The molecule has 0 aliphatic heterocycles. The maximum atomic E-state index is 12.7. The summed E-state index contributed by atoms with van der Waals surface area (Å²) >= 11 is 2.14. The van der Waals surface area contributed by atoms with Crippen LogP contribution in [0.5, 0.6) is 5.75 Å². The Morgan fingerprint density at radius 2 is 1.81 bits per heavy atom. The predicted octanol–water partition coefficient (Wildman–Crippen LogP) is 4.25. The van der Waals surface area contributed by atoms with E-state index in [1.165, 1.54) is 26.0 Å². The number of aromatic nitrogens is 3. The number of hydrogen-bond acceptors (Lipinski definition) is 10. The molecule has 3 aromatic rings. The molecule has 0 bridgehead atoms. The van der Waals surface area contributed by atoms with Crippen LogP contribution >= 0.6 is 23.1 Å². The van der Waals surface area contributed by atoms with Crippen LogP contribution in [0.25, 0.3) is 0 Å². The number of ether oxygens (including phenoxy) is 3. The van der Waals surface area contributed by atoms with E-state index < -0.39 is 11.9 Å². The second-order valence-corrected chi connectivity index (χ2v) is 9.97. The highest BCUT2D eigenvalue weighted by atomic mass is 32.2. The fraction of sp³-hybridized carbons (Fsp3) is 0.375. The minimum Gasteiger partial charge on any atom is -0.482 e. The molecule has 12 heteroatoms. The van der Waals surface area contributed by atoms with Gasteiger partial charge in [-0.2, -0.15) is 0 Å². The molecule has 1 aromatic carbocycles. The largest absolute Gasteiger partial charge is 0.482 e. The molecule has 1 amide bonds. The zero-order valence-electron chi connectivity index (χ0n) is 21.1. The summed E-state index contributed by atoms with van der Waals surface area (Å²) in [5.74, 6) is -0.249. The molecule has 1 unspecified atom stereocenters. The van der Waals surface area contributed by atoms with E-state index >= 15 is 0 Å². The molecule has 36 heavy (non-hydrogen) atoms. The molecule has 0 fully saturated rings. The third-order valence-electron chi connectivity index (χ3n) is 5.36. The molecule has 1 N–H and O–H groups in total. The van der Waals surface area contributed by atoms with E-state index in [0.717, 1.165) is 28.2 Å². The number of nitrogens with one attached hydrogen (secondary N) is 1. The van der Waals surface area contributed by atoms with Gasteiger partial charge in [0.05, 0.1) is 25.5 Å². The lowest BCUT2D eigenvalue weighted by molar-refractivity contribution is -0.113. The Morgan fingerprint density at radius 1 is 1.11 bits per heavy atom. The van der Waals surface area contributed by atoms with Crippen molar-refractivity contribution in [3.8, 4) is 5.75 Å². The number of hydrogen-bond donors (Lipinski definition) is 1. The second kappa shape index (κ2) is 11.6. The number of carbonyl (C=O) groups is 3. The Hall–Kier alpha value is -3.38. The van der Waals surface area contributed by atoms with Gasteiger partial charge in [0, 0.05) is 7.05 Å². The van der Waals surface area contributed by atoms with Crippen molar-refractivity contribution in [3.05, 3.63) is 51.2 Å². The number of benzene rings is 1. The third-order valence-corrected chi connectivity index (χ3v) is 7.57. The van der Waals surface area contributed by atoms with Crippen LogP contribution in [0.1, 0.15) is 55.6 Å². The Kier molecular flexibility index (Phi) is 8.75. The highest BCUT2D eigenvalue weighted by molar-refractivity contribution is 7.99. The molecule has 3 rings (SSSR count). The van der Waals surface area contributed by atoms with E-state index in [2.05, 4.69) is 15.5 Å². The average molecular weight is 533 g/mol. The van der Waals surface area contributed by atoms with Gasteiger partial charge in [0.15, 0.2) is 17.1 Å². The number of thioether (sulfide) groups is 1. The fourth-order valence-electron chi connectivity index (χ4n) is 3.51.